The summed E-state index contributed by atoms with van der Waals surface area (Å²) in [6.07, 6.45) is 5.64. The summed E-state index contributed by atoms with van der Waals surface area (Å²) in [4.78, 5) is 16.8. The number of hydrogen-bond donors (Lipinski definition) is 0. The first-order chi connectivity index (χ1) is 18.0. The second-order valence-corrected chi connectivity index (χ2v) is 13.0. The third kappa shape index (κ3) is 6.34. The zero-order chi connectivity index (χ0) is 26.9. The van der Waals surface area contributed by atoms with Crippen LogP contribution in [0.3, 0.4) is 0 Å². The minimum atomic E-state index is -0.0441. The molecule has 0 amide bonds. The minimum Gasteiger partial charge on any atom is -0.491 e. The lowest BCUT2D eigenvalue weighted by atomic mass is 9.91. The van der Waals surface area contributed by atoms with Gasteiger partial charge in [-0.25, -0.2) is 0 Å². The first-order valence-corrected chi connectivity index (χ1v) is 15.4. The molecule has 0 aromatic heterocycles. The van der Waals surface area contributed by atoms with Crippen LogP contribution in [-0.2, 0) is 11.2 Å². The van der Waals surface area contributed by atoms with E-state index in [1.54, 1.807) is 0 Å². The van der Waals surface area contributed by atoms with E-state index < -0.39 is 0 Å². The molecule has 2 aliphatic heterocycles. The third-order valence-corrected chi connectivity index (χ3v) is 11.3. The number of nitriles is 4. The fraction of sp³-hybridized carbons (Fsp3) is 0.444. The zero-order valence-corrected chi connectivity index (χ0v) is 24.2. The number of Topliss-reactive ketones (excluding diaryl/α,β-unsaturated/α-hetero) is 1. The Morgan fingerprint density at radius 3 is 1.70 bits per heavy atom. The molecule has 6 nitrogen and oxygen atoms in total. The summed E-state index contributed by atoms with van der Waals surface area (Å²) in [6.45, 7) is 6.71. The molecular weight excluding hydrogens is 541 g/mol. The number of carbonyl (C=O) groups is 1. The maximum absolute atomic E-state index is 13.5. The van der Waals surface area contributed by atoms with Crippen molar-refractivity contribution in [2.45, 2.75) is 85.3 Å². The smallest absolute Gasteiger partial charge is 0.150 e. The van der Waals surface area contributed by atoms with E-state index in [0.717, 1.165) is 63.7 Å². The molecule has 1 unspecified atom stereocenters. The Labute approximate surface area is 235 Å². The van der Waals surface area contributed by atoms with Crippen molar-refractivity contribution in [1.82, 2.24) is 0 Å². The van der Waals surface area contributed by atoms with Crippen LogP contribution in [0, 0.1) is 51.2 Å². The number of nitrogens with zero attached hydrogens (tertiary/aromatic N) is 4. The maximum atomic E-state index is 13.5. The molecule has 0 aliphatic carbocycles. The Hall–Kier alpha value is -2.47. The van der Waals surface area contributed by atoms with Gasteiger partial charge in [0.1, 0.15) is 47.0 Å². The molecule has 0 saturated heterocycles. The minimum absolute atomic E-state index is 0.0367. The first-order valence-electron chi connectivity index (χ1n) is 12.2. The Morgan fingerprint density at radius 2 is 1.27 bits per heavy atom. The van der Waals surface area contributed by atoms with Crippen molar-refractivity contribution >= 4 is 52.8 Å². The molecule has 0 bridgehead atoms. The fourth-order valence-corrected chi connectivity index (χ4v) is 9.29. The number of benzene rings is 1. The van der Waals surface area contributed by atoms with Crippen LogP contribution < -0.4 is 4.74 Å². The molecule has 0 saturated carbocycles. The SMILES string of the molecule is CCCCOc1c2c(c(CC(=O)C(CC)CCCC)c3c1SC(=C(C#N)C#N)S3)SC(=C(C#N)C#N)S2. The fourth-order valence-electron chi connectivity index (χ4n) is 3.91. The van der Waals surface area contributed by atoms with Crippen molar-refractivity contribution in [2.24, 2.45) is 5.92 Å². The summed E-state index contributed by atoms with van der Waals surface area (Å²) in [6, 6.07) is 7.94. The van der Waals surface area contributed by atoms with Gasteiger partial charge < -0.3 is 4.74 Å². The van der Waals surface area contributed by atoms with Gasteiger partial charge in [0.05, 0.1) is 24.9 Å². The lowest BCUT2D eigenvalue weighted by molar-refractivity contribution is -0.122. The lowest BCUT2D eigenvalue weighted by Crippen LogP contribution is -2.17. The molecule has 0 radical (unpaired) electrons. The molecule has 0 fully saturated rings. The van der Waals surface area contributed by atoms with Gasteiger partial charge in [0.15, 0.2) is 0 Å². The number of fused-ring (bicyclic) bond motifs is 2. The first kappa shape index (κ1) is 29.1. The van der Waals surface area contributed by atoms with Gasteiger partial charge in [-0.2, -0.15) is 21.0 Å². The summed E-state index contributed by atoms with van der Waals surface area (Å²) in [7, 11) is 0. The van der Waals surface area contributed by atoms with Gasteiger partial charge in [-0.1, -0.05) is 87.1 Å². The third-order valence-electron chi connectivity index (χ3n) is 5.96. The van der Waals surface area contributed by atoms with Crippen LogP contribution in [0.1, 0.15) is 64.9 Å². The van der Waals surface area contributed by atoms with Crippen LogP contribution in [0.5, 0.6) is 5.75 Å². The highest BCUT2D eigenvalue weighted by molar-refractivity contribution is 8.25. The Balaban J connectivity index is 2.21. The number of carbonyl (C=O) groups excluding carboxylic acids is 1. The van der Waals surface area contributed by atoms with E-state index in [-0.39, 0.29) is 29.3 Å². The molecule has 2 heterocycles. The zero-order valence-electron chi connectivity index (χ0n) is 21.0. The van der Waals surface area contributed by atoms with Gasteiger partial charge in [0.2, 0.25) is 0 Å². The average Bonchev–Trinajstić information content (AvgIpc) is 3.53. The molecule has 1 atom stereocenters. The average molecular weight is 567 g/mol. The van der Waals surface area contributed by atoms with E-state index in [1.807, 2.05) is 31.2 Å². The molecule has 2 aliphatic rings. The van der Waals surface area contributed by atoms with Gasteiger partial charge in [0.25, 0.3) is 0 Å². The molecular formula is C27H26N4O2S4. The van der Waals surface area contributed by atoms with Gasteiger partial charge in [-0.3, -0.25) is 4.79 Å². The lowest BCUT2D eigenvalue weighted by Gasteiger charge is -2.19. The molecule has 0 N–H and O–H groups in total. The molecule has 1 aromatic carbocycles. The van der Waals surface area contributed by atoms with Crippen molar-refractivity contribution in [3.05, 3.63) is 25.2 Å². The van der Waals surface area contributed by atoms with Gasteiger partial charge in [-0.05, 0) is 24.8 Å². The summed E-state index contributed by atoms with van der Waals surface area (Å²) in [5, 5.41) is 38.0. The van der Waals surface area contributed by atoms with Crippen LogP contribution in [0.15, 0.2) is 39.2 Å². The molecule has 3 rings (SSSR count). The summed E-state index contributed by atoms with van der Waals surface area (Å²) >= 11 is 5.33. The number of ether oxygens (including phenoxy) is 1. The molecule has 10 heteroatoms. The van der Waals surface area contributed by atoms with Gasteiger partial charge in [-0.15, -0.1) is 0 Å². The predicted octanol–water partition coefficient (Wildman–Crippen LogP) is 8.11. The van der Waals surface area contributed by atoms with Crippen molar-refractivity contribution in [3.63, 3.8) is 0 Å². The normalized spacial score (nSPS) is 14.0. The Kier molecular flexibility index (Phi) is 10.9. The largest absolute Gasteiger partial charge is 0.491 e. The molecule has 190 valence electrons. The van der Waals surface area contributed by atoms with Crippen molar-refractivity contribution < 1.29 is 9.53 Å². The quantitative estimate of drug-likeness (QED) is 0.192. The highest BCUT2D eigenvalue weighted by atomic mass is 32.2. The summed E-state index contributed by atoms with van der Waals surface area (Å²) in [5.41, 5.74) is 0.905. The molecule has 1 aromatic rings. The highest BCUT2D eigenvalue weighted by Gasteiger charge is 2.38. The molecule has 37 heavy (non-hydrogen) atoms. The van der Waals surface area contributed by atoms with Crippen LogP contribution in [-0.4, -0.2) is 12.4 Å². The molecule has 0 spiro atoms. The van der Waals surface area contributed by atoms with Crippen molar-refractivity contribution in [1.29, 1.82) is 21.0 Å². The summed E-state index contributed by atoms with van der Waals surface area (Å²) < 4.78 is 7.43. The number of thioether (sulfide) groups is 4. The monoisotopic (exact) mass is 566 g/mol. The van der Waals surface area contributed by atoms with Crippen LogP contribution in [0.25, 0.3) is 0 Å². The van der Waals surface area contributed by atoms with Gasteiger partial charge >= 0.3 is 0 Å². The number of rotatable bonds is 11. The number of ketones is 1. The van der Waals surface area contributed by atoms with E-state index >= 15 is 0 Å². The van der Waals surface area contributed by atoms with Gasteiger partial charge in [0, 0.05) is 22.1 Å². The van der Waals surface area contributed by atoms with E-state index in [0.29, 0.717) is 20.8 Å². The van der Waals surface area contributed by atoms with Crippen LogP contribution >= 0.6 is 47.0 Å². The van der Waals surface area contributed by atoms with E-state index in [4.69, 9.17) is 4.74 Å². The van der Waals surface area contributed by atoms with E-state index in [1.165, 1.54) is 47.0 Å². The second kappa shape index (κ2) is 13.9. The Morgan fingerprint density at radius 1 is 0.784 bits per heavy atom. The van der Waals surface area contributed by atoms with Crippen molar-refractivity contribution in [2.75, 3.05) is 6.61 Å². The van der Waals surface area contributed by atoms with E-state index in [2.05, 4.69) is 13.8 Å². The maximum Gasteiger partial charge on any atom is 0.150 e. The number of unbranched alkanes of at least 4 members (excludes halogenated alkanes) is 2. The van der Waals surface area contributed by atoms with Crippen LogP contribution in [0.4, 0.5) is 0 Å². The summed E-state index contributed by atoms with van der Waals surface area (Å²) in [5.74, 6) is 0.753. The predicted molar refractivity (Wildman–Crippen MR) is 149 cm³/mol. The van der Waals surface area contributed by atoms with E-state index in [9.17, 15) is 25.8 Å². The number of allylic oxidation sites excluding steroid dienone is 2. The highest BCUT2D eigenvalue weighted by Crippen LogP contribution is 2.66. The Bertz CT molecular complexity index is 1210. The second-order valence-electron chi connectivity index (χ2n) is 8.40. The number of hydrogen-bond acceptors (Lipinski definition) is 10. The topological polar surface area (TPSA) is 121 Å². The van der Waals surface area contributed by atoms with Crippen LogP contribution in [0.2, 0.25) is 0 Å². The standard InChI is InChI=1S/C27H26N4O2S4/c1-4-7-9-16(6-3)20(32)11-19-22-24(36-26(34-22)17(12-28)13-29)21(33-10-8-5-2)25-23(19)35-27(37-25)18(14-30)15-31/h16H,4-11H2,1-3H3. The van der Waals surface area contributed by atoms with Crippen molar-refractivity contribution in [3.8, 4) is 30.0 Å².